The zero-order chi connectivity index (χ0) is 25.0. The lowest BCUT2D eigenvalue weighted by Crippen LogP contribution is -2.57. The van der Waals surface area contributed by atoms with Gasteiger partial charge in [-0.25, -0.2) is 0 Å². The molecule has 184 valence electrons. The predicted molar refractivity (Wildman–Crippen MR) is 131 cm³/mol. The molecule has 2 aromatic rings. The summed E-state index contributed by atoms with van der Waals surface area (Å²) in [5.41, 5.74) is 1.60. The molecule has 1 aliphatic heterocycles. The van der Waals surface area contributed by atoms with Gasteiger partial charge in [-0.3, -0.25) is 14.4 Å². The molecule has 0 saturated carbocycles. The molecule has 11 heteroatoms. The van der Waals surface area contributed by atoms with Crippen molar-refractivity contribution in [1.82, 2.24) is 0 Å². The maximum absolute atomic E-state index is 11.9. The molecule has 3 rings (SSSR count). The van der Waals surface area contributed by atoms with Crippen molar-refractivity contribution in [2.45, 2.75) is 57.0 Å². The number of hydrogen-bond acceptors (Lipinski definition) is 9. The van der Waals surface area contributed by atoms with Gasteiger partial charge in [0.15, 0.2) is 6.10 Å². The van der Waals surface area contributed by atoms with E-state index >= 15 is 0 Å². The summed E-state index contributed by atoms with van der Waals surface area (Å²) in [5.74, 6) is -1.81. The molecular formula is C23H24Cl2O7S2. The zero-order valence-electron chi connectivity index (χ0n) is 18.9. The first-order valence-electron chi connectivity index (χ1n) is 10.3. The van der Waals surface area contributed by atoms with E-state index in [1.165, 1.54) is 43.9 Å². The Balaban J connectivity index is 2.01. The van der Waals surface area contributed by atoms with Crippen LogP contribution < -0.4 is 0 Å². The number of thiophene rings is 1. The van der Waals surface area contributed by atoms with Crippen LogP contribution in [-0.2, 0) is 39.8 Å². The van der Waals surface area contributed by atoms with Gasteiger partial charge in [0, 0.05) is 37.1 Å². The van der Waals surface area contributed by atoms with E-state index in [1.54, 1.807) is 6.07 Å². The van der Waals surface area contributed by atoms with Gasteiger partial charge in [0.25, 0.3) is 0 Å². The lowest BCUT2D eigenvalue weighted by atomic mass is 9.94. The molecule has 0 N–H and O–H groups in total. The maximum atomic E-state index is 11.9. The average molecular weight is 547 g/mol. The fourth-order valence-electron chi connectivity index (χ4n) is 3.78. The summed E-state index contributed by atoms with van der Waals surface area (Å²) in [6.07, 6.45) is -1.57. The molecule has 1 unspecified atom stereocenters. The van der Waals surface area contributed by atoms with Gasteiger partial charge in [-0.2, -0.15) is 11.8 Å². The summed E-state index contributed by atoms with van der Waals surface area (Å²) in [5, 5.41) is 0.112. The highest BCUT2D eigenvalue weighted by Gasteiger charge is 2.51. The Morgan fingerprint density at radius 1 is 0.971 bits per heavy atom. The largest absolute Gasteiger partial charge is 0.457 e. The Kier molecular flexibility index (Phi) is 9.28. The molecule has 1 fully saturated rings. The average Bonchev–Trinajstić information content (AvgIpc) is 3.15. The van der Waals surface area contributed by atoms with Crippen molar-refractivity contribution in [2.75, 3.05) is 6.26 Å². The lowest BCUT2D eigenvalue weighted by Gasteiger charge is -2.44. The van der Waals surface area contributed by atoms with E-state index in [9.17, 15) is 14.4 Å². The number of thioether (sulfide) groups is 1. The van der Waals surface area contributed by atoms with Crippen molar-refractivity contribution >= 4 is 64.2 Å². The fourth-order valence-corrected chi connectivity index (χ4v) is 6.02. The van der Waals surface area contributed by atoms with Gasteiger partial charge in [0.1, 0.15) is 6.10 Å². The summed E-state index contributed by atoms with van der Waals surface area (Å²) in [4.78, 5) is 36.6. The van der Waals surface area contributed by atoms with Crippen LogP contribution in [0.2, 0.25) is 9.36 Å². The van der Waals surface area contributed by atoms with Crippen molar-refractivity contribution in [2.24, 2.45) is 0 Å². The van der Waals surface area contributed by atoms with Gasteiger partial charge in [-0.15, -0.1) is 11.3 Å². The molecule has 7 nitrogen and oxygen atoms in total. The van der Waals surface area contributed by atoms with Gasteiger partial charge < -0.3 is 18.9 Å². The first-order valence-corrected chi connectivity index (χ1v) is 13.2. The van der Waals surface area contributed by atoms with E-state index in [-0.39, 0.29) is 0 Å². The first kappa shape index (κ1) is 26.8. The van der Waals surface area contributed by atoms with Crippen LogP contribution in [0.1, 0.15) is 42.9 Å². The van der Waals surface area contributed by atoms with Gasteiger partial charge in [0.2, 0.25) is 12.4 Å². The van der Waals surface area contributed by atoms with Crippen LogP contribution in [0.4, 0.5) is 0 Å². The van der Waals surface area contributed by atoms with Crippen LogP contribution in [-0.4, -0.2) is 47.9 Å². The minimum Gasteiger partial charge on any atom is -0.457 e. The van der Waals surface area contributed by atoms with E-state index in [2.05, 4.69) is 0 Å². The third-order valence-electron chi connectivity index (χ3n) is 5.05. The summed E-state index contributed by atoms with van der Waals surface area (Å²) in [6.45, 7) is 3.70. The number of benzene rings is 1. The van der Waals surface area contributed by atoms with Crippen LogP contribution in [0.25, 0.3) is 0 Å². The van der Waals surface area contributed by atoms with Crippen molar-refractivity contribution in [3.63, 3.8) is 0 Å². The third kappa shape index (κ3) is 6.66. The molecule has 34 heavy (non-hydrogen) atoms. The van der Waals surface area contributed by atoms with Crippen molar-refractivity contribution < 1.29 is 33.3 Å². The van der Waals surface area contributed by atoms with Gasteiger partial charge in [0.05, 0.1) is 9.59 Å². The predicted octanol–water partition coefficient (Wildman–Crippen LogP) is 5.20. The number of halogens is 2. The topological polar surface area (TPSA) is 88.1 Å². The molecule has 5 atom stereocenters. The molecule has 0 radical (unpaired) electrons. The minimum atomic E-state index is -1.27. The Bertz CT molecular complexity index is 1060. The third-order valence-corrected chi connectivity index (χ3v) is 7.70. The minimum absolute atomic E-state index is 0.467. The highest BCUT2D eigenvalue weighted by atomic mass is 35.5. The quantitative estimate of drug-likeness (QED) is 0.345. The van der Waals surface area contributed by atoms with Gasteiger partial charge >= 0.3 is 17.9 Å². The highest BCUT2D eigenvalue weighted by molar-refractivity contribution is 7.99. The summed E-state index contributed by atoms with van der Waals surface area (Å²) in [7, 11) is 0. The standard InChI is InChI=1S/C23H24Cl2O7S2/c1-11(26)29-20-21(30-12(2)27)23(31-13(3)28)32-19(22(20)33-4)14-5-7-17(24)15(9-14)10-16-6-8-18(25)34-16/h5-9,19-23H,10H2,1-4H3/t19?,20-,21-,22-,23-/m0/s1. The number of carbonyl (C=O) groups is 3. The maximum Gasteiger partial charge on any atom is 0.305 e. The van der Waals surface area contributed by atoms with Crippen molar-refractivity contribution in [1.29, 1.82) is 0 Å². The molecule has 1 aromatic heterocycles. The van der Waals surface area contributed by atoms with E-state index in [0.717, 1.165) is 16.0 Å². The molecule has 1 saturated heterocycles. The molecule has 2 heterocycles. The lowest BCUT2D eigenvalue weighted by molar-refractivity contribution is -0.266. The second-order valence-electron chi connectivity index (χ2n) is 7.62. The number of ether oxygens (including phenoxy) is 4. The van der Waals surface area contributed by atoms with E-state index in [4.69, 9.17) is 42.1 Å². The van der Waals surface area contributed by atoms with Crippen LogP contribution in [0.15, 0.2) is 30.3 Å². The Hall–Kier alpha value is -1.78. The Labute approximate surface area is 216 Å². The monoisotopic (exact) mass is 546 g/mol. The smallest absolute Gasteiger partial charge is 0.305 e. The fraction of sp³-hybridized carbons (Fsp3) is 0.435. The van der Waals surface area contributed by atoms with Gasteiger partial charge in [-0.1, -0.05) is 35.3 Å². The Morgan fingerprint density at radius 3 is 2.18 bits per heavy atom. The number of rotatable bonds is 7. The highest BCUT2D eigenvalue weighted by Crippen LogP contribution is 2.42. The molecule has 1 aromatic carbocycles. The van der Waals surface area contributed by atoms with Crippen molar-refractivity contribution in [3.8, 4) is 0 Å². The molecule has 0 aliphatic carbocycles. The molecule has 0 spiro atoms. The molecule has 1 aliphatic rings. The summed E-state index contributed by atoms with van der Waals surface area (Å²) < 4.78 is 23.2. The van der Waals surface area contributed by atoms with Crippen LogP contribution in [0.3, 0.4) is 0 Å². The number of carbonyl (C=O) groups excluding carboxylic acids is 3. The van der Waals surface area contributed by atoms with Crippen molar-refractivity contribution in [3.05, 3.63) is 55.7 Å². The van der Waals surface area contributed by atoms with E-state index in [0.29, 0.717) is 15.8 Å². The summed E-state index contributed by atoms with van der Waals surface area (Å²) in [6, 6.07) is 9.25. The molecule has 0 bridgehead atoms. The summed E-state index contributed by atoms with van der Waals surface area (Å²) >= 11 is 15.4. The first-order chi connectivity index (χ1) is 16.1. The SMILES string of the molecule is CS[C@H]1C(c2ccc(Cl)c(Cc3ccc(Cl)s3)c2)O[C@H](OC(C)=O)[C@@H](OC(C)=O)[C@@H]1OC(C)=O. The second-order valence-corrected chi connectivity index (χ2v) is 10.8. The van der Waals surface area contributed by atoms with E-state index < -0.39 is 47.8 Å². The van der Waals surface area contributed by atoms with Crippen LogP contribution in [0, 0.1) is 0 Å². The Morgan fingerprint density at radius 2 is 1.62 bits per heavy atom. The van der Waals surface area contributed by atoms with Crippen LogP contribution in [0.5, 0.6) is 0 Å². The number of hydrogen-bond donors (Lipinski definition) is 0. The second kappa shape index (κ2) is 11.8. The molecular weight excluding hydrogens is 523 g/mol. The zero-order valence-corrected chi connectivity index (χ0v) is 22.1. The number of esters is 3. The van der Waals surface area contributed by atoms with Gasteiger partial charge in [-0.05, 0) is 35.6 Å². The van der Waals surface area contributed by atoms with Crippen LogP contribution >= 0.6 is 46.3 Å². The molecule has 0 amide bonds. The van der Waals surface area contributed by atoms with E-state index in [1.807, 2.05) is 30.5 Å². The normalized spacial score (nSPS) is 24.4.